The van der Waals surface area contributed by atoms with Crippen LogP contribution < -0.4 is 4.90 Å². The topological polar surface area (TPSA) is 37.4 Å². The molecular formula is C14H6BrF2NO2. The lowest BCUT2D eigenvalue weighted by Gasteiger charge is -2.13. The molecule has 2 aromatic carbocycles. The van der Waals surface area contributed by atoms with Crippen molar-refractivity contribution in [1.29, 1.82) is 0 Å². The zero-order chi connectivity index (χ0) is 14.4. The van der Waals surface area contributed by atoms with E-state index in [1.807, 2.05) is 0 Å². The number of benzene rings is 2. The molecule has 0 aromatic heterocycles. The molecule has 2 aromatic rings. The molecule has 2 amide bonds. The largest absolute Gasteiger partial charge is 0.268 e. The van der Waals surface area contributed by atoms with Crippen molar-refractivity contribution < 1.29 is 18.4 Å². The average Bonchev–Trinajstić information content (AvgIpc) is 2.65. The number of halogens is 3. The maximum atomic E-state index is 13.2. The van der Waals surface area contributed by atoms with E-state index in [1.165, 1.54) is 0 Å². The van der Waals surface area contributed by atoms with Crippen molar-refractivity contribution in [3.63, 3.8) is 0 Å². The molecule has 0 atom stereocenters. The fourth-order valence-electron chi connectivity index (χ4n) is 2.06. The SMILES string of the molecule is O=C1c2cc(F)c(F)cc2C(=O)N1c1ccc(Br)cc1. The Kier molecular flexibility index (Phi) is 2.90. The van der Waals surface area contributed by atoms with Crippen LogP contribution in [-0.2, 0) is 0 Å². The summed E-state index contributed by atoms with van der Waals surface area (Å²) in [6.45, 7) is 0. The molecule has 1 aliphatic rings. The minimum absolute atomic E-state index is 0.128. The van der Waals surface area contributed by atoms with E-state index >= 15 is 0 Å². The summed E-state index contributed by atoms with van der Waals surface area (Å²) in [5.74, 6) is -3.62. The second kappa shape index (κ2) is 4.49. The van der Waals surface area contributed by atoms with Gasteiger partial charge in [-0.1, -0.05) is 15.9 Å². The van der Waals surface area contributed by atoms with Crippen molar-refractivity contribution in [3.05, 3.63) is 63.6 Å². The van der Waals surface area contributed by atoms with Crippen molar-refractivity contribution in [3.8, 4) is 0 Å². The summed E-state index contributed by atoms with van der Waals surface area (Å²) in [5, 5.41) is 0. The van der Waals surface area contributed by atoms with Crippen molar-refractivity contribution in [2.24, 2.45) is 0 Å². The van der Waals surface area contributed by atoms with Crippen LogP contribution >= 0.6 is 15.9 Å². The van der Waals surface area contributed by atoms with E-state index < -0.39 is 23.4 Å². The second-order valence-electron chi connectivity index (χ2n) is 4.23. The highest BCUT2D eigenvalue weighted by molar-refractivity contribution is 9.10. The van der Waals surface area contributed by atoms with Crippen LogP contribution in [0.2, 0.25) is 0 Å². The number of fused-ring (bicyclic) bond motifs is 1. The van der Waals surface area contributed by atoms with E-state index in [4.69, 9.17) is 0 Å². The van der Waals surface area contributed by atoms with E-state index in [-0.39, 0.29) is 11.1 Å². The maximum absolute atomic E-state index is 13.2. The summed E-state index contributed by atoms with van der Waals surface area (Å²) in [6, 6.07) is 7.98. The van der Waals surface area contributed by atoms with Crippen LogP contribution in [-0.4, -0.2) is 11.8 Å². The number of carbonyl (C=O) groups is 2. The molecule has 1 heterocycles. The highest BCUT2D eigenvalue weighted by Crippen LogP contribution is 2.30. The third-order valence-corrected chi connectivity index (χ3v) is 3.54. The fraction of sp³-hybridized carbons (Fsp3) is 0. The normalized spacial score (nSPS) is 13.8. The van der Waals surface area contributed by atoms with Gasteiger partial charge in [-0.3, -0.25) is 9.59 Å². The van der Waals surface area contributed by atoms with Gasteiger partial charge >= 0.3 is 0 Å². The van der Waals surface area contributed by atoms with Crippen LogP contribution in [0, 0.1) is 11.6 Å². The van der Waals surface area contributed by atoms with E-state index in [0.29, 0.717) is 5.69 Å². The van der Waals surface area contributed by atoms with E-state index in [9.17, 15) is 18.4 Å². The molecule has 3 nitrogen and oxygen atoms in total. The van der Waals surface area contributed by atoms with Gasteiger partial charge in [0.15, 0.2) is 11.6 Å². The van der Waals surface area contributed by atoms with Gasteiger partial charge in [0.2, 0.25) is 0 Å². The quantitative estimate of drug-likeness (QED) is 0.746. The molecule has 3 rings (SSSR count). The Morgan fingerprint density at radius 1 is 0.850 bits per heavy atom. The number of amides is 2. The molecule has 20 heavy (non-hydrogen) atoms. The predicted octanol–water partition coefficient (Wildman–Crippen LogP) is 3.53. The Hall–Kier alpha value is -2.08. The molecule has 100 valence electrons. The molecule has 0 spiro atoms. The summed E-state index contributed by atoms with van der Waals surface area (Å²) >= 11 is 3.24. The first-order valence-corrected chi connectivity index (χ1v) is 6.42. The zero-order valence-corrected chi connectivity index (χ0v) is 11.4. The lowest BCUT2D eigenvalue weighted by atomic mass is 10.1. The van der Waals surface area contributed by atoms with Crippen LogP contribution in [0.4, 0.5) is 14.5 Å². The second-order valence-corrected chi connectivity index (χ2v) is 5.15. The smallest absolute Gasteiger partial charge is 0.266 e. The third kappa shape index (κ3) is 1.84. The highest BCUT2D eigenvalue weighted by atomic mass is 79.9. The van der Waals surface area contributed by atoms with Crippen LogP contribution in [0.15, 0.2) is 40.9 Å². The van der Waals surface area contributed by atoms with E-state index in [1.54, 1.807) is 24.3 Å². The number of anilines is 1. The van der Waals surface area contributed by atoms with Gasteiger partial charge < -0.3 is 0 Å². The molecule has 0 bridgehead atoms. The first kappa shape index (κ1) is 12.9. The fourth-order valence-corrected chi connectivity index (χ4v) is 2.32. The lowest BCUT2D eigenvalue weighted by molar-refractivity contribution is 0.0926. The molecule has 0 saturated heterocycles. The van der Waals surface area contributed by atoms with Gasteiger partial charge in [-0.2, -0.15) is 0 Å². The molecule has 0 unspecified atom stereocenters. The van der Waals surface area contributed by atoms with E-state index in [2.05, 4.69) is 15.9 Å². The third-order valence-electron chi connectivity index (χ3n) is 3.01. The van der Waals surface area contributed by atoms with Gasteiger partial charge in [0.1, 0.15) is 0 Å². The number of rotatable bonds is 1. The summed E-state index contributed by atoms with van der Waals surface area (Å²) in [5.41, 5.74) is 0.0915. The summed E-state index contributed by atoms with van der Waals surface area (Å²) in [6.07, 6.45) is 0. The standard InChI is InChI=1S/C14H6BrF2NO2/c15-7-1-3-8(4-2-7)18-13(19)9-5-11(16)12(17)6-10(9)14(18)20/h1-6H. The van der Waals surface area contributed by atoms with Gasteiger partial charge in [0.25, 0.3) is 11.8 Å². The van der Waals surface area contributed by atoms with Crippen molar-refractivity contribution in [2.45, 2.75) is 0 Å². The number of carbonyl (C=O) groups excluding carboxylic acids is 2. The van der Waals surface area contributed by atoms with Gasteiger partial charge in [0.05, 0.1) is 16.8 Å². The van der Waals surface area contributed by atoms with Crippen molar-refractivity contribution in [2.75, 3.05) is 4.90 Å². The monoisotopic (exact) mass is 337 g/mol. The van der Waals surface area contributed by atoms with Crippen LogP contribution in [0.3, 0.4) is 0 Å². The molecule has 0 N–H and O–H groups in total. The van der Waals surface area contributed by atoms with Gasteiger partial charge in [0, 0.05) is 4.47 Å². The molecule has 0 aliphatic carbocycles. The average molecular weight is 338 g/mol. The minimum atomic E-state index is -1.15. The minimum Gasteiger partial charge on any atom is -0.268 e. The van der Waals surface area contributed by atoms with Gasteiger partial charge in [-0.25, -0.2) is 13.7 Å². The Labute approximate surface area is 120 Å². The predicted molar refractivity (Wildman–Crippen MR) is 71.6 cm³/mol. The van der Waals surface area contributed by atoms with Gasteiger partial charge in [-0.05, 0) is 36.4 Å². The number of imide groups is 1. The maximum Gasteiger partial charge on any atom is 0.266 e. The van der Waals surface area contributed by atoms with Crippen LogP contribution in [0.1, 0.15) is 20.7 Å². The Morgan fingerprint density at radius 3 is 1.75 bits per heavy atom. The zero-order valence-electron chi connectivity index (χ0n) is 9.86. The van der Waals surface area contributed by atoms with Gasteiger partial charge in [-0.15, -0.1) is 0 Å². The Morgan fingerprint density at radius 2 is 1.30 bits per heavy atom. The molecule has 0 radical (unpaired) electrons. The van der Waals surface area contributed by atoms with Crippen molar-refractivity contribution >= 4 is 33.4 Å². The van der Waals surface area contributed by atoms with Crippen LogP contribution in [0.25, 0.3) is 0 Å². The highest BCUT2D eigenvalue weighted by Gasteiger charge is 2.37. The first-order chi connectivity index (χ1) is 9.49. The number of hydrogen-bond acceptors (Lipinski definition) is 2. The molecule has 0 saturated carbocycles. The molecule has 0 fully saturated rings. The number of nitrogens with zero attached hydrogens (tertiary/aromatic N) is 1. The lowest BCUT2D eigenvalue weighted by Crippen LogP contribution is -2.29. The molecule has 1 aliphatic heterocycles. The summed E-state index contributed by atoms with van der Waals surface area (Å²) in [7, 11) is 0. The van der Waals surface area contributed by atoms with Crippen LogP contribution in [0.5, 0.6) is 0 Å². The molecular weight excluding hydrogens is 332 g/mol. The Balaban J connectivity index is 2.12. The summed E-state index contributed by atoms with van der Waals surface area (Å²) < 4.78 is 27.2. The van der Waals surface area contributed by atoms with E-state index in [0.717, 1.165) is 21.5 Å². The number of hydrogen-bond donors (Lipinski definition) is 0. The summed E-state index contributed by atoms with van der Waals surface area (Å²) in [4.78, 5) is 25.2. The van der Waals surface area contributed by atoms with Crippen molar-refractivity contribution in [1.82, 2.24) is 0 Å². The first-order valence-electron chi connectivity index (χ1n) is 5.62. The Bertz CT molecular complexity index is 703. The molecule has 6 heteroatoms.